The summed E-state index contributed by atoms with van der Waals surface area (Å²) < 4.78 is 0. The van der Waals surface area contributed by atoms with Gasteiger partial charge in [0, 0.05) is 23.4 Å². The van der Waals surface area contributed by atoms with Gasteiger partial charge < -0.3 is 10.6 Å². The fourth-order valence-corrected chi connectivity index (χ4v) is 3.44. The lowest BCUT2D eigenvalue weighted by molar-refractivity contribution is -0.119. The van der Waals surface area contributed by atoms with Crippen LogP contribution in [0.4, 0.5) is 11.4 Å². The number of anilines is 2. The molecule has 0 spiro atoms. The largest absolute Gasteiger partial charge is 0.367 e. The predicted molar refractivity (Wildman–Crippen MR) is 102 cm³/mol. The van der Waals surface area contributed by atoms with E-state index in [0.717, 1.165) is 22.5 Å². The molecule has 0 aliphatic carbocycles. The van der Waals surface area contributed by atoms with E-state index in [4.69, 9.17) is 0 Å². The Hall–Kier alpha value is -3.07. The van der Waals surface area contributed by atoms with E-state index < -0.39 is 5.54 Å². The highest BCUT2D eigenvalue weighted by Crippen LogP contribution is 2.40. The van der Waals surface area contributed by atoms with Gasteiger partial charge in [-0.1, -0.05) is 66.2 Å². The fraction of sp³-hybridized carbons (Fsp3) is 0.136. The number of carbonyl (C=O) groups excluding carboxylic acids is 1. The highest BCUT2D eigenvalue weighted by atomic mass is 16.2. The topological polar surface area (TPSA) is 41.1 Å². The first-order chi connectivity index (χ1) is 12.2. The van der Waals surface area contributed by atoms with Gasteiger partial charge in [0.05, 0.1) is 0 Å². The minimum absolute atomic E-state index is 0.0156. The predicted octanol–water partition coefficient (Wildman–Crippen LogP) is 4.50. The molecule has 0 unspecified atom stereocenters. The number of hydrogen-bond acceptors (Lipinski definition) is 2. The zero-order valence-corrected chi connectivity index (χ0v) is 14.1. The van der Waals surface area contributed by atoms with E-state index in [1.807, 2.05) is 54.6 Å². The summed E-state index contributed by atoms with van der Waals surface area (Å²) in [6.45, 7) is 2.07. The first kappa shape index (κ1) is 15.5. The normalized spacial score (nSPS) is 18.5. The van der Waals surface area contributed by atoms with Crippen LogP contribution in [-0.2, 0) is 16.8 Å². The third-order valence-electron chi connectivity index (χ3n) is 4.74. The summed E-state index contributed by atoms with van der Waals surface area (Å²) in [4.78, 5) is 13.1. The number of carbonyl (C=O) groups is 1. The average Bonchev–Trinajstić information content (AvgIpc) is 2.90. The van der Waals surface area contributed by atoms with E-state index in [-0.39, 0.29) is 5.91 Å². The molecule has 2 N–H and O–H groups in total. The lowest BCUT2D eigenvalue weighted by Crippen LogP contribution is -2.44. The van der Waals surface area contributed by atoms with Gasteiger partial charge in [0.15, 0.2) is 0 Å². The van der Waals surface area contributed by atoms with E-state index in [0.29, 0.717) is 6.42 Å². The van der Waals surface area contributed by atoms with Crippen molar-refractivity contribution in [2.75, 3.05) is 10.6 Å². The number of nitrogens with one attached hydrogen (secondary N) is 2. The van der Waals surface area contributed by atoms with Crippen molar-refractivity contribution in [1.82, 2.24) is 0 Å². The van der Waals surface area contributed by atoms with Gasteiger partial charge >= 0.3 is 0 Å². The van der Waals surface area contributed by atoms with Crippen molar-refractivity contribution in [3.63, 3.8) is 0 Å². The molecule has 3 aromatic carbocycles. The molecule has 3 heteroatoms. The van der Waals surface area contributed by atoms with E-state index in [9.17, 15) is 4.79 Å². The first-order valence-electron chi connectivity index (χ1n) is 8.47. The Morgan fingerprint density at radius 3 is 2.32 bits per heavy atom. The van der Waals surface area contributed by atoms with Crippen LogP contribution < -0.4 is 10.6 Å². The van der Waals surface area contributed by atoms with Gasteiger partial charge in [0.2, 0.25) is 0 Å². The number of benzene rings is 3. The lowest BCUT2D eigenvalue weighted by atomic mass is 9.84. The third-order valence-corrected chi connectivity index (χ3v) is 4.74. The second-order valence-corrected chi connectivity index (χ2v) is 6.56. The number of amides is 1. The third kappa shape index (κ3) is 2.78. The van der Waals surface area contributed by atoms with Crippen molar-refractivity contribution in [2.24, 2.45) is 0 Å². The van der Waals surface area contributed by atoms with Gasteiger partial charge in [-0.15, -0.1) is 0 Å². The summed E-state index contributed by atoms with van der Waals surface area (Å²) in [7, 11) is 0. The summed E-state index contributed by atoms with van der Waals surface area (Å²) in [5.74, 6) is -0.0156. The molecule has 0 radical (unpaired) electrons. The first-order valence-corrected chi connectivity index (χ1v) is 8.47. The average molecular weight is 328 g/mol. The molecular formula is C22H20N2O. The van der Waals surface area contributed by atoms with Crippen molar-refractivity contribution >= 4 is 17.3 Å². The van der Waals surface area contributed by atoms with Gasteiger partial charge in [-0.2, -0.15) is 0 Å². The summed E-state index contributed by atoms with van der Waals surface area (Å²) in [5, 5.41) is 6.55. The quantitative estimate of drug-likeness (QED) is 0.740. The smallest absolute Gasteiger partial charge is 0.255 e. The van der Waals surface area contributed by atoms with Gasteiger partial charge in [0.1, 0.15) is 5.54 Å². The van der Waals surface area contributed by atoms with E-state index >= 15 is 0 Å². The maximum absolute atomic E-state index is 13.1. The Morgan fingerprint density at radius 2 is 1.56 bits per heavy atom. The van der Waals surface area contributed by atoms with Crippen LogP contribution in [0.15, 0.2) is 78.9 Å². The highest BCUT2D eigenvalue weighted by Gasteiger charge is 2.46. The molecule has 1 heterocycles. The number of para-hydroxylation sites is 2. The molecule has 25 heavy (non-hydrogen) atoms. The highest BCUT2D eigenvalue weighted by molar-refractivity contribution is 6.07. The number of aryl methyl sites for hydroxylation is 1. The van der Waals surface area contributed by atoms with Gasteiger partial charge in [-0.3, -0.25) is 4.79 Å². The van der Waals surface area contributed by atoms with E-state index in [2.05, 4.69) is 41.8 Å². The molecular weight excluding hydrogens is 308 g/mol. The second kappa shape index (κ2) is 6.10. The maximum Gasteiger partial charge on any atom is 0.255 e. The molecule has 0 saturated heterocycles. The van der Waals surface area contributed by atoms with E-state index in [1.165, 1.54) is 5.56 Å². The van der Waals surface area contributed by atoms with Crippen LogP contribution in [0.3, 0.4) is 0 Å². The Labute approximate surface area is 147 Å². The van der Waals surface area contributed by atoms with Crippen molar-refractivity contribution < 1.29 is 4.79 Å². The Bertz CT molecular complexity index is 903. The Morgan fingerprint density at radius 1 is 0.880 bits per heavy atom. The van der Waals surface area contributed by atoms with Gasteiger partial charge in [0.25, 0.3) is 5.91 Å². The fourth-order valence-electron chi connectivity index (χ4n) is 3.44. The maximum atomic E-state index is 13.1. The van der Waals surface area contributed by atoms with Crippen molar-refractivity contribution in [3.05, 3.63) is 95.6 Å². The SMILES string of the molecule is Cc1ccc(C[C@]2(Nc3ccccc3)C(=O)Nc3ccccc32)cc1. The lowest BCUT2D eigenvalue weighted by Gasteiger charge is -2.30. The minimum atomic E-state index is -0.812. The zero-order chi connectivity index (χ0) is 17.3. The second-order valence-electron chi connectivity index (χ2n) is 6.56. The van der Waals surface area contributed by atoms with Crippen LogP contribution in [-0.4, -0.2) is 5.91 Å². The molecule has 3 aromatic rings. The molecule has 1 amide bonds. The molecule has 0 bridgehead atoms. The number of hydrogen-bond donors (Lipinski definition) is 2. The van der Waals surface area contributed by atoms with Crippen molar-refractivity contribution in [3.8, 4) is 0 Å². The summed E-state index contributed by atoms with van der Waals surface area (Å²) in [6.07, 6.45) is 0.588. The molecule has 4 rings (SSSR count). The van der Waals surface area contributed by atoms with Crippen LogP contribution in [0.5, 0.6) is 0 Å². The molecule has 1 aliphatic heterocycles. The summed E-state index contributed by atoms with van der Waals surface area (Å²) in [6, 6.07) is 26.2. The monoisotopic (exact) mass is 328 g/mol. The Kier molecular flexibility index (Phi) is 3.77. The van der Waals surface area contributed by atoms with Gasteiger partial charge in [-0.25, -0.2) is 0 Å². The molecule has 0 saturated carbocycles. The van der Waals surface area contributed by atoms with Crippen LogP contribution in [0.1, 0.15) is 16.7 Å². The van der Waals surface area contributed by atoms with Gasteiger partial charge in [-0.05, 0) is 30.7 Å². The van der Waals surface area contributed by atoms with E-state index in [1.54, 1.807) is 0 Å². The van der Waals surface area contributed by atoms with Crippen LogP contribution in [0.25, 0.3) is 0 Å². The molecule has 1 aliphatic rings. The summed E-state index contributed by atoms with van der Waals surface area (Å²) >= 11 is 0. The number of rotatable bonds is 4. The molecule has 0 fully saturated rings. The zero-order valence-electron chi connectivity index (χ0n) is 14.1. The molecule has 0 aromatic heterocycles. The standard InChI is InChI=1S/C22H20N2O/c1-16-11-13-17(14-12-16)15-22(24-18-7-3-2-4-8-18)19-9-5-6-10-20(19)23-21(22)25/h2-14,24H,15H2,1H3,(H,23,25)/t22-/m1/s1. The molecule has 3 nitrogen and oxygen atoms in total. The molecule has 1 atom stereocenters. The van der Waals surface area contributed by atoms with Crippen molar-refractivity contribution in [1.29, 1.82) is 0 Å². The minimum Gasteiger partial charge on any atom is -0.367 e. The van der Waals surface area contributed by atoms with Crippen LogP contribution in [0.2, 0.25) is 0 Å². The van der Waals surface area contributed by atoms with Crippen LogP contribution >= 0.6 is 0 Å². The number of fused-ring (bicyclic) bond motifs is 1. The Balaban J connectivity index is 1.81. The van der Waals surface area contributed by atoms with Crippen LogP contribution in [0, 0.1) is 6.92 Å². The summed E-state index contributed by atoms with van der Waals surface area (Å²) in [5.41, 5.74) is 4.33. The van der Waals surface area contributed by atoms with Crippen molar-refractivity contribution in [2.45, 2.75) is 18.9 Å². The molecule has 124 valence electrons.